The lowest BCUT2D eigenvalue weighted by molar-refractivity contribution is -0.132. The fourth-order valence-electron chi connectivity index (χ4n) is 2.54. The Kier molecular flexibility index (Phi) is 13.2. The van der Waals surface area contributed by atoms with E-state index in [1.54, 1.807) is 7.05 Å². The van der Waals surface area contributed by atoms with Crippen molar-refractivity contribution in [3.63, 3.8) is 0 Å². The monoisotopic (exact) mass is 386 g/mol. The van der Waals surface area contributed by atoms with Crippen molar-refractivity contribution in [2.75, 3.05) is 7.05 Å². The smallest absolute Gasteiger partial charge is 0.243 e. The number of rotatable bonds is 15. The predicted molar refractivity (Wildman–Crippen MR) is 108 cm³/mol. The van der Waals surface area contributed by atoms with Gasteiger partial charge in [-0.3, -0.25) is 14.4 Å². The van der Waals surface area contributed by atoms with Crippen LogP contribution < -0.4 is 16.0 Å². The summed E-state index contributed by atoms with van der Waals surface area (Å²) in [7, 11) is 12.7. The molecule has 5 radical (unpaired) electrons. The molecule has 0 aromatic heterocycles. The molecule has 8 nitrogen and oxygen atoms in total. The first-order chi connectivity index (χ1) is 13.2. The molecule has 0 aliphatic rings. The summed E-state index contributed by atoms with van der Waals surface area (Å²) in [6.45, 7) is 3.26. The van der Waals surface area contributed by atoms with Crippen molar-refractivity contribution in [2.45, 2.75) is 70.5 Å². The van der Waals surface area contributed by atoms with Crippen LogP contribution in [0.1, 0.15) is 52.4 Å². The second kappa shape index (κ2) is 14.2. The molecule has 0 fully saturated rings. The Morgan fingerprint density at radius 1 is 0.893 bits per heavy atom. The van der Waals surface area contributed by atoms with Crippen LogP contribution in [0.2, 0.25) is 0 Å². The van der Waals surface area contributed by atoms with Crippen molar-refractivity contribution < 1.29 is 24.0 Å². The van der Waals surface area contributed by atoms with Crippen molar-refractivity contribution in [2.24, 2.45) is 0 Å². The number of carbonyl (C=O) groups is 5. The van der Waals surface area contributed by atoms with Gasteiger partial charge in [0.1, 0.15) is 13.2 Å². The maximum atomic E-state index is 12.6. The van der Waals surface area contributed by atoms with Gasteiger partial charge in [-0.15, -0.1) is 0 Å². The number of hydrogen-bond donors (Lipinski definition) is 3. The number of carbonyl (C=O) groups excluding carboxylic acids is 5. The molecule has 3 unspecified atom stereocenters. The summed E-state index contributed by atoms with van der Waals surface area (Å²) < 4.78 is 0. The van der Waals surface area contributed by atoms with E-state index in [1.807, 2.05) is 6.92 Å². The SMILES string of the molecule is [B][B]C(=O)CCC(NC(=O)C(CCC([B])=O)NC)C(=O)NC(CCC)C(C)=O. The lowest BCUT2D eigenvalue weighted by Gasteiger charge is -2.24. The highest BCUT2D eigenvalue weighted by Crippen LogP contribution is 2.05. The Balaban J connectivity index is 5.18. The molecule has 11 heteroatoms. The summed E-state index contributed by atoms with van der Waals surface area (Å²) in [6.07, 6.45) is 1.30. The summed E-state index contributed by atoms with van der Waals surface area (Å²) in [6, 6.07) is -2.43. The lowest BCUT2D eigenvalue weighted by atomic mass is 9.52. The number of hydrogen-bond acceptors (Lipinski definition) is 6. The number of Topliss-reactive ketones (excluding diaryl/α,β-unsaturated/α-hetero) is 1. The van der Waals surface area contributed by atoms with Gasteiger partial charge in [-0.05, 0) is 46.1 Å². The first kappa shape index (κ1) is 26.1. The third-order valence-corrected chi connectivity index (χ3v) is 4.23. The van der Waals surface area contributed by atoms with E-state index in [-0.39, 0.29) is 37.1 Å². The number of nitrogens with one attached hydrogen (secondary N) is 3. The molecule has 0 spiro atoms. The normalized spacial score (nSPS) is 13.7. The summed E-state index contributed by atoms with van der Waals surface area (Å²) in [5.41, 5.74) is -0.919. The van der Waals surface area contributed by atoms with Crippen molar-refractivity contribution >= 4 is 51.7 Å². The Bertz CT molecular complexity index is 574. The Morgan fingerprint density at radius 2 is 1.43 bits per heavy atom. The number of amides is 2. The highest BCUT2D eigenvalue weighted by molar-refractivity contribution is 7.08. The molecule has 0 aromatic rings. The van der Waals surface area contributed by atoms with Crippen LogP contribution in [0, 0.1) is 0 Å². The molecule has 0 saturated heterocycles. The molecule has 0 rings (SSSR count). The maximum absolute atomic E-state index is 12.6. The Hall–Kier alpha value is -1.90. The summed E-state index contributed by atoms with van der Waals surface area (Å²) in [4.78, 5) is 59.2. The third-order valence-electron chi connectivity index (χ3n) is 4.23. The molecular weight excluding hydrogens is 359 g/mol. The zero-order chi connectivity index (χ0) is 21.7. The molecule has 0 bridgehead atoms. The Labute approximate surface area is 169 Å². The molecule has 0 aliphatic carbocycles. The lowest BCUT2D eigenvalue weighted by Crippen LogP contribution is -2.54. The van der Waals surface area contributed by atoms with Crippen molar-refractivity contribution in [1.29, 1.82) is 0 Å². The van der Waals surface area contributed by atoms with Crippen LogP contribution in [-0.4, -0.2) is 76.9 Å². The highest BCUT2D eigenvalue weighted by Gasteiger charge is 2.27. The van der Waals surface area contributed by atoms with Crippen LogP contribution in [0.25, 0.3) is 0 Å². The number of likely N-dealkylation sites (N-methyl/N-ethyl adjacent to an activating group) is 1. The van der Waals surface area contributed by atoms with Gasteiger partial charge in [0.15, 0.2) is 13.6 Å². The fraction of sp³-hybridized carbons (Fsp3) is 0.706. The first-order valence-corrected chi connectivity index (χ1v) is 9.30. The largest absolute Gasteiger partial charge is 0.345 e. The molecule has 28 heavy (non-hydrogen) atoms. The second-order valence-corrected chi connectivity index (χ2v) is 6.54. The van der Waals surface area contributed by atoms with Crippen LogP contribution in [0.3, 0.4) is 0 Å². The van der Waals surface area contributed by atoms with Gasteiger partial charge in [0, 0.05) is 7.74 Å². The zero-order valence-corrected chi connectivity index (χ0v) is 16.7. The van der Waals surface area contributed by atoms with E-state index in [2.05, 4.69) is 16.0 Å². The quantitative estimate of drug-likeness (QED) is 0.295. The van der Waals surface area contributed by atoms with Crippen LogP contribution in [0.4, 0.5) is 0 Å². The topological polar surface area (TPSA) is 121 Å². The summed E-state index contributed by atoms with van der Waals surface area (Å²) in [5.74, 6) is -1.26. The van der Waals surface area contributed by atoms with Gasteiger partial charge in [-0.1, -0.05) is 13.3 Å². The van der Waals surface area contributed by atoms with E-state index in [0.717, 1.165) is 7.17 Å². The molecular formula is C17H27B3N3O5. The van der Waals surface area contributed by atoms with E-state index in [4.69, 9.17) is 15.6 Å². The van der Waals surface area contributed by atoms with Crippen LogP contribution >= 0.6 is 0 Å². The van der Waals surface area contributed by atoms with E-state index in [0.29, 0.717) is 12.8 Å². The van der Waals surface area contributed by atoms with Gasteiger partial charge in [-0.25, -0.2) is 0 Å². The first-order valence-electron chi connectivity index (χ1n) is 9.30. The maximum Gasteiger partial charge on any atom is 0.243 e. The van der Waals surface area contributed by atoms with Crippen molar-refractivity contribution in [3.05, 3.63) is 0 Å². The Morgan fingerprint density at radius 3 is 1.89 bits per heavy atom. The van der Waals surface area contributed by atoms with Crippen LogP contribution in [-0.2, 0) is 24.0 Å². The highest BCUT2D eigenvalue weighted by atomic mass is 16.2. The molecule has 2 amide bonds. The molecule has 0 aliphatic heterocycles. The van der Waals surface area contributed by atoms with Crippen molar-refractivity contribution in [1.82, 2.24) is 16.0 Å². The van der Waals surface area contributed by atoms with E-state index >= 15 is 0 Å². The summed E-state index contributed by atoms with van der Waals surface area (Å²) >= 11 is 0. The number of ketones is 1. The standard InChI is InChI=1S/C17H27B3N3O5/c1-4-5-11(10(2)24)22-17(28)13(7-9-15(26)20-19)23-16(27)12(21-3)6-8-14(18)25/h11-13,21H,4-9H2,1-3H3,(H,22,28)(H,23,27). The molecule has 0 aromatic carbocycles. The van der Waals surface area contributed by atoms with E-state index in [1.165, 1.54) is 6.92 Å². The third kappa shape index (κ3) is 10.4. The van der Waals surface area contributed by atoms with Gasteiger partial charge in [-0.2, -0.15) is 0 Å². The van der Waals surface area contributed by atoms with Crippen molar-refractivity contribution in [3.8, 4) is 0 Å². The van der Waals surface area contributed by atoms with Gasteiger partial charge in [0.2, 0.25) is 11.8 Å². The van der Waals surface area contributed by atoms with Gasteiger partial charge in [0.05, 0.1) is 23.4 Å². The molecule has 3 N–H and O–H groups in total. The molecule has 3 atom stereocenters. The minimum atomic E-state index is -1.03. The second-order valence-electron chi connectivity index (χ2n) is 6.54. The average molecular weight is 386 g/mol. The molecule has 0 heterocycles. The van der Waals surface area contributed by atoms with Gasteiger partial charge >= 0.3 is 0 Å². The molecule has 149 valence electrons. The van der Waals surface area contributed by atoms with Crippen LogP contribution in [0.5, 0.6) is 0 Å². The van der Waals surface area contributed by atoms with Gasteiger partial charge in [0.25, 0.3) is 0 Å². The van der Waals surface area contributed by atoms with E-state index in [9.17, 15) is 24.0 Å². The van der Waals surface area contributed by atoms with Gasteiger partial charge < -0.3 is 25.5 Å². The summed E-state index contributed by atoms with van der Waals surface area (Å²) in [5, 5.41) is 7.95. The average Bonchev–Trinajstić information content (AvgIpc) is 2.64. The van der Waals surface area contributed by atoms with E-state index < -0.39 is 35.6 Å². The van der Waals surface area contributed by atoms with Crippen LogP contribution in [0.15, 0.2) is 0 Å². The molecule has 0 saturated carbocycles. The minimum absolute atomic E-state index is 0.000675. The zero-order valence-electron chi connectivity index (χ0n) is 16.7. The fourth-order valence-corrected chi connectivity index (χ4v) is 2.54. The minimum Gasteiger partial charge on any atom is -0.345 e. The predicted octanol–water partition coefficient (Wildman–Crippen LogP) is -1.50.